The van der Waals surface area contributed by atoms with Gasteiger partial charge in [0.25, 0.3) is 0 Å². The minimum absolute atomic E-state index is 0.00598. The lowest BCUT2D eigenvalue weighted by atomic mass is 9.79. The minimum atomic E-state index is -0.340. The molecule has 0 aliphatic carbocycles. The molecule has 0 aromatic rings. The normalized spacial score (nSPS) is 25.0. The molecular formula is C27H51N3O4. The molecule has 0 radical (unpaired) electrons. The van der Waals surface area contributed by atoms with Crippen molar-refractivity contribution in [2.75, 3.05) is 20.6 Å². The molecule has 7 nitrogen and oxygen atoms in total. The van der Waals surface area contributed by atoms with Crippen molar-refractivity contribution in [2.24, 2.45) is 0 Å². The number of likely N-dealkylation sites (tertiary alicyclic amines) is 2. The van der Waals surface area contributed by atoms with Crippen molar-refractivity contribution in [2.45, 2.75) is 141 Å². The van der Waals surface area contributed by atoms with Gasteiger partial charge in [0.05, 0.1) is 0 Å². The van der Waals surface area contributed by atoms with Crippen LogP contribution in [0.1, 0.15) is 107 Å². The summed E-state index contributed by atoms with van der Waals surface area (Å²) in [5.74, 6) is -0.110. The van der Waals surface area contributed by atoms with Gasteiger partial charge in [-0.15, -0.1) is 0 Å². The summed E-state index contributed by atoms with van der Waals surface area (Å²) in [6, 6.07) is 0. The second-order valence-electron chi connectivity index (χ2n) is 13.1. The van der Waals surface area contributed by atoms with Crippen LogP contribution in [-0.2, 0) is 14.3 Å². The zero-order valence-corrected chi connectivity index (χ0v) is 23.5. The van der Waals surface area contributed by atoms with E-state index in [1.165, 1.54) is 0 Å². The first-order valence-corrected chi connectivity index (χ1v) is 13.1. The molecular weight excluding hydrogens is 430 g/mol. The van der Waals surface area contributed by atoms with Crippen LogP contribution in [0.25, 0.3) is 0 Å². The quantitative estimate of drug-likeness (QED) is 0.383. The highest BCUT2D eigenvalue weighted by molar-refractivity contribution is 5.69. The fourth-order valence-corrected chi connectivity index (χ4v) is 5.93. The van der Waals surface area contributed by atoms with Gasteiger partial charge in [-0.2, -0.15) is 0 Å². The molecule has 0 atom stereocenters. The number of piperidine rings is 2. The van der Waals surface area contributed by atoms with Crippen LogP contribution in [0.2, 0.25) is 0 Å². The molecule has 0 aromatic carbocycles. The van der Waals surface area contributed by atoms with Gasteiger partial charge in [-0.3, -0.25) is 14.6 Å². The van der Waals surface area contributed by atoms with Crippen molar-refractivity contribution in [3.8, 4) is 0 Å². The number of esters is 1. The number of ether oxygens (including phenoxy) is 2. The molecule has 2 saturated heterocycles. The first-order chi connectivity index (χ1) is 15.5. The number of alkyl carbamates (subject to hydrolysis) is 1. The van der Waals surface area contributed by atoms with E-state index in [0.29, 0.717) is 13.0 Å². The van der Waals surface area contributed by atoms with E-state index in [1.807, 2.05) is 0 Å². The Balaban J connectivity index is 1.62. The Morgan fingerprint density at radius 3 is 1.56 bits per heavy atom. The molecule has 2 rings (SSSR count). The predicted molar refractivity (Wildman–Crippen MR) is 137 cm³/mol. The van der Waals surface area contributed by atoms with Crippen LogP contribution < -0.4 is 5.32 Å². The van der Waals surface area contributed by atoms with Crippen molar-refractivity contribution in [1.29, 1.82) is 0 Å². The fourth-order valence-electron chi connectivity index (χ4n) is 5.93. The van der Waals surface area contributed by atoms with Gasteiger partial charge in [0.1, 0.15) is 12.2 Å². The van der Waals surface area contributed by atoms with Crippen LogP contribution in [-0.4, -0.2) is 76.9 Å². The fraction of sp³-hybridized carbons (Fsp3) is 0.926. The number of amides is 1. The summed E-state index contributed by atoms with van der Waals surface area (Å²) in [5, 5.41) is 2.88. The number of hydrogen-bond acceptors (Lipinski definition) is 6. The highest BCUT2D eigenvalue weighted by Crippen LogP contribution is 2.39. The highest BCUT2D eigenvalue weighted by atomic mass is 16.6. The Labute approximate surface area is 208 Å². The second-order valence-corrected chi connectivity index (χ2v) is 13.1. The second kappa shape index (κ2) is 10.7. The van der Waals surface area contributed by atoms with Crippen molar-refractivity contribution in [1.82, 2.24) is 15.1 Å². The standard InChI is InChI=1S/C27H51N3O4/c1-24(2)16-20(17-25(3,4)29(24)9)33-22(31)14-12-11-13-15-28-23(32)34-21-18-26(5,6)30(10)27(7,8)19-21/h20-21H,11-19H2,1-10H3,(H,28,32). The third-order valence-electron chi connectivity index (χ3n) is 8.44. The van der Waals surface area contributed by atoms with Gasteiger partial charge in [-0.1, -0.05) is 6.42 Å². The van der Waals surface area contributed by atoms with Gasteiger partial charge in [-0.05, 0) is 82.3 Å². The average Bonchev–Trinajstić information content (AvgIpc) is 2.66. The zero-order chi connectivity index (χ0) is 25.9. The SMILES string of the molecule is CN1C(C)(C)CC(OC(=O)CCCCCNC(=O)OC2CC(C)(C)N(C)C(C)(C)C2)CC1(C)C. The molecule has 1 amide bonds. The largest absolute Gasteiger partial charge is 0.462 e. The molecule has 0 unspecified atom stereocenters. The summed E-state index contributed by atoms with van der Waals surface area (Å²) in [4.78, 5) is 29.4. The number of rotatable bonds is 8. The number of unbranched alkanes of at least 4 members (excludes halogenated alkanes) is 2. The molecule has 2 fully saturated rings. The predicted octanol–water partition coefficient (Wildman–Crippen LogP) is 5.12. The van der Waals surface area contributed by atoms with Gasteiger partial charge in [-0.25, -0.2) is 4.79 Å². The van der Waals surface area contributed by atoms with Crippen LogP contribution in [0.5, 0.6) is 0 Å². The highest BCUT2D eigenvalue weighted by Gasteiger charge is 2.45. The van der Waals surface area contributed by atoms with E-state index in [0.717, 1.165) is 44.9 Å². The van der Waals surface area contributed by atoms with Crippen LogP contribution in [0.4, 0.5) is 4.79 Å². The molecule has 198 valence electrons. The molecule has 7 heteroatoms. The molecule has 2 heterocycles. The lowest BCUT2D eigenvalue weighted by Gasteiger charge is -2.53. The summed E-state index contributed by atoms with van der Waals surface area (Å²) >= 11 is 0. The number of nitrogens with zero attached hydrogens (tertiary/aromatic N) is 2. The van der Waals surface area contributed by atoms with Crippen molar-refractivity contribution in [3.05, 3.63) is 0 Å². The Morgan fingerprint density at radius 1 is 0.706 bits per heavy atom. The maximum atomic E-state index is 12.4. The van der Waals surface area contributed by atoms with E-state index in [-0.39, 0.29) is 46.4 Å². The molecule has 0 saturated carbocycles. The Morgan fingerprint density at radius 2 is 1.12 bits per heavy atom. The molecule has 2 aliphatic rings. The lowest BCUT2D eigenvalue weighted by molar-refractivity contribution is -0.159. The van der Waals surface area contributed by atoms with Gasteiger partial charge in [0.2, 0.25) is 0 Å². The van der Waals surface area contributed by atoms with Crippen molar-refractivity contribution in [3.63, 3.8) is 0 Å². The monoisotopic (exact) mass is 481 g/mol. The lowest BCUT2D eigenvalue weighted by Crippen LogP contribution is -2.60. The molecule has 0 bridgehead atoms. The van der Waals surface area contributed by atoms with E-state index < -0.39 is 0 Å². The van der Waals surface area contributed by atoms with E-state index in [9.17, 15) is 9.59 Å². The maximum absolute atomic E-state index is 12.4. The Bertz CT molecular complexity index is 621. The van der Waals surface area contributed by atoms with Crippen LogP contribution >= 0.6 is 0 Å². The maximum Gasteiger partial charge on any atom is 0.407 e. The van der Waals surface area contributed by atoms with Crippen molar-refractivity contribution >= 4 is 12.1 Å². The third-order valence-corrected chi connectivity index (χ3v) is 8.44. The molecule has 0 aromatic heterocycles. The van der Waals surface area contributed by atoms with Crippen LogP contribution in [0.3, 0.4) is 0 Å². The third kappa shape index (κ3) is 7.58. The van der Waals surface area contributed by atoms with Gasteiger partial charge in [0.15, 0.2) is 0 Å². The van der Waals surface area contributed by atoms with Crippen LogP contribution in [0.15, 0.2) is 0 Å². The summed E-state index contributed by atoms with van der Waals surface area (Å²) in [7, 11) is 4.29. The Hall–Kier alpha value is -1.34. The van der Waals surface area contributed by atoms with E-state index in [4.69, 9.17) is 9.47 Å². The van der Waals surface area contributed by atoms with E-state index in [1.54, 1.807) is 0 Å². The summed E-state index contributed by atoms with van der Waals surface area (Å²) < 4.78 is 11.5. The summed E-state index contributed by atoms with van der Waals surface area (Å²) in [5.41, 5.74) is -0.0151. The smallest absolute Gasteiger partial charge is 0.407 e. The molecule has 1 N–H and O–H groups in total. The first-order valence-electron chi connectivity index (χ1n) is 13.1. The molecule has 0 spiro atoms. The van der Waals surface area contributed by atoms with E-state index >= 15 is 0 Å². The van der Waals surface area contributed by atoms with E-state index in [2.05, 4.69) is 84.6 Å². The van der Waals surface area contributed by atoms with Gasteiger partial charge < -0.3 is 14.8 Å². The van der Waals surface area contributed by atoms with Gasteiger partial charge in [0, 0.05) is 60.8 Å². The number of carbonyl (C=O) groups is 2. The number of nitrogens with one attached hydrogen (secondary N) is 1. The van der Waals surface area contributed by atoms with Crippen molar-refractivity contribution < 1.29 is 19.1 Å². The molecule has 34 heavy (non-hydrogen) atoms. The molecule has 2 aliphatic heterocycles. The first kappa shape index (κ1) is 28.9. The minimum Gasteiger partial charge on any atom is -0.462 e. The van der Waals surface area contributed by atoms with Crippen LogP contribution in [0, 0.1) is 0 Å². The zero-order valence-electron chi connectivity index (χ0n) is 23.5. The average molecular weight is 482 g/mol. The number of hydrogen-bond donors (Lipinski definition) is 1. The Kier molecular flexibility index (Phi) is 9.12. The van der Waals surface area contributed by atoms with Gasteiger partial charge >= 0.3 is 12.1 Å². The number of carbonyl (C=O) groups excluding carboxylic acids is 2. The summed E-state index contributed by atoms with van der Waals surface area (Å²) in [6.07, 6.45) is 5.81. The summed E-state index contributed by atoms with van der Waals surface area (Å²) in [6.45, 7) is 18.2. The topological polar surface area (TPSA) is 71.1 Å².